The highest BCUT2D eigenvalue weighted by atomic mass is 16.6. The molecule has 0 bridgehead atoms. The predicted octanol–water partition coefficient (Wildman–Crippen LogP) is 3.56. The standard InChI is InChI=1S/C16H18O3/c1-3-6-15(16(17)18-2)19-14-10-9-12-7-4-5-8-13(12)11-14/h4-5,7-11,15H,3,6H2,1-2H3/t15-/m1/s1. The number of ether oxygens (including phenoxy) is 2. The van der Waals surface area contributed by atoms with Crippen molar-refractivity contribution in [2.24, 2.45) is 0 Å². The van der Waals surface area contributed by atoms with Gasteiger partial charge in [-0.25, -0.2) is 4.79 Å². The summed E-state index contributed by atoms with van der Waals surface area (Å²) in [5.74, 6) is 0.373. The van der Waals surface area contributed by atoms with E-state index in [0.717, 1.165) is 17.2 Å². The van der Waals surface area contributed by atoms with Crippen LogP contribution in [0.4, 0.5) is 0 Å². The zero-order valence-electron chi connectivity index (χ0n) is 11.3. The molecule has 0 fully saturated rings. The Hall–Kier alpha value is -2.03. The Kier molecular flexibility index (Phi) is 4.39. The van der Waals surface area contributed by atoms with Crippen LogP contribution in [0.1, 0.15) is 19.8 Å². The molecule has 0 aromatic heterocycles. The molecular formula is C16H18O3. The number of benzene rings is 2. The third-order valence-corrected chi connectivity index (χ3v) is 3.01. The molecule has 1 atom stereocenters. The second kappa shape index (κ2) is 6.23. The molecule has 3 nitrogen and oxygen atoms in total. The Labute approximate surface area is 113 Å². The van der Waals surface area contributed by atoms with Crippen molar-refractivity contribution >= 4 is 16.7 Å². The minimum absolute atomic E-state index is 0.324. The Morgan fingerprint density at radius 3 is 2.58 bits per heavy atom. The first-order valence-corrected chi connectivity index (χ1v) is 6.48. The molecule has 100 valence electrons. The fourth-order valence-electron chi connectivity index (χ4n) is 2.02. The first-order chi connectivity index (χ1) is 9.24. The van der Waals surface area contributed by atoms with Crippen LogP contribution in [-0.4, -0.2) is 19.2 Å². The molecule has 0 heterocycles. The van der Waals surface area contributed by atoms with E-state index in [2.05, 4.69) is 0 Å². The van der Waals surface area contributed by atoms with E-state index in [1.807, 2.05) is 49.4 Å². The first-order valence-electron chi connectivity index (χ1n) is 6.48. The molecule has 0 radical (unpaired) electrons. The lowest BCUT2D eigenvalue weighted by Crippen LogP contribution is -2.28. The molecule has 0 unspecified atom stereocenters. The van der Waals surface area contributed by atoms with Gasteiger partial charge in [0.1, 0.15) is 5.75 Å². The average Bonchev–Trinajstić information content (AvgIpc) is 2.46. The third-order valence-electron chi connectivity index (χ3n) is 3.01. The molecule has 2 aromatic carbocycles. The van der Waals surface area contributed by atoms with E-state index in [-0.39, 0.29) is 5.97 Å². The second-order valence-electron chi connectivity index (χ2n) is 4.43. The van der Waals surface area contributed by atoms with Gasteiger partial charge in [0.25, 0.3) is 0 Å². The molecule has 0 saturated heterocycles. The Bertz CT molecular complexity index is 563. The van der Waals surface area contributed by atoms with E-state index in [1.165, 1.54) is 7.11 Å². The van der Waals surface area contributed by atoms with Gasteiger partial charge in [-0.3, -0.25) is 0 Å². The van der Waals surface area contributed by atoms with Crippen molar-refractivity contribution < 1.29 is 14.3 Å². The van der Waals surface area contributed by atoms with Crippen molar-refractivity contribution in [3.05, 3.63) is 42.5 Å². The summed E-state index contributed by atoms with van der Waals surface area (Å²) >= 11 is 0. The normalized spacial score (nSPS) is 12.1. The zero-order valence-corrected chi connectivity index (χ0v) is 11.3. The fourth-order valence-corrected chi connectivity index (χ4v) is 2.02. The molecule has 0 spiro atoms. The summed E-state index contributed by atoms with van der Waals surface area (Å²) in [6.07, 6.45) is 0.989. The van der Waals surface area contributed by atoms with Crippen molar-refractivity contribution in [3.63, 3.8) is 0 Å². The Morgan fingerprint density at radius 1 is 1.16 bits per heavy atom. The summed E-state index contributed by atoms with van der Waals surface area (Å²) < 4.78 is 10.5. The molecule has 19 heavy (non-hydrogen) atoms. The molecule has 0 amide bonds. The summed E-state index contributed by atoms with van der Waals surface area (Å²) in [6, 6.07) is 13.9. The van der Waals surface area contributed by atoms with E-state index in [1.54, 1.807) is 0 Å². The largest absolute Gasteiger partial charge is 0.479 e. The van der Waals surface area contributed by atoms with Crippen molar-refractivity contribution in [3.8, 4) is 5.75 Å². The molecule has 0 aliphatic heterocycles. The van der Waals surface area contributed by atoms with E-state index >= 15 is 0 Å². The zero-order chi connectivity index (χ0) is 13.7. The maximum absolute atomic E-state index is 11.6. The van der Waals surface area contributed by atoms with E-state index in [4.69, 9.17) is 9.47 Å². The van der Waals surface area contributed by atoms with Crippen LogP contribution in [-0.2, 0) is 9.53 Å². The lowest BCUT2D eigenvalue weighted by molar-refractivity contribution is -0.149. The molecular weight excluding hydrogens is 240 g/mol. The SMILES string of the molecule is CCC[C@@H](Oc1ccc2ccccc2c1)C(=O)OC. The summed E-state index contributed by atoms with van der Waals surface area (Å²) in [6.45, 7) is 2.01. The van der Waals surface area contributed by atoms with Crippen LogP contribution in [0.5, 0.6) is 5.75 Å². The van der Waals surface area contributed by atoms with E-state index in [9.17, 15) is 4.79 Å². The number of methoxy groups -OCH3 is 1. The Balaban J connectivity index is 2.21. The van der Waals surface area contributed by atoms with Crippen LogP contribution in [0.3, 0.4) is 0 Å². The highest BCUT2D eigenvalue weighted by Crippen LogP contribution is 2.22. The van der Waals surface area contributed by atoms with Gasteiger partial charge in [-0.15, -0.1) is 0 Å². The number of hydrogen-bond donors (Lipinski definition) is 0. The van der Waals surface area contributed by atoms with Crippen molar-refractivity contribution in [2.75, 3.05) is 7.11 Å². The van der Waals surface area contributed by atoms with E-state index in [0.29, 0.717) is 12.2 Å². The van der Waals surface area contributed by atoms with Crippen molar-refractivity contribution in [1.82, 2.24) is 0 Å². The van der Waals surface area contributed by atoms with Gasteiger partial charge >= 0.3 is 5.97 Å². The number of esters is 1. The smallest absolute Gasteiger partial charge is 0.347 e. The predicted molar refractivity (Wildman–Crippen MR) is 75.3 cm³/mol. The average molecular weight is 258 g/mol. The third kappa shape index (κ3) is 3.25. The summed E-state index contributed by atoms with van der Waals surface area (Å²) in [4.78, 5) is 11.6. The number of fused-ring (bicyclic) bond motifs is 1. The van der Waals surface area contributed by atoms with E-state index < -0.39 is 6.10 Å². The molecule has 2 aromatic rings. The van der Waals surface area contributed by atoms with Gasteiger partial charge in [0.2, 0.25) is 0 Å². The van der Waals surface area contributed by atoms with Gasteiger partial charge in [-0.1, -0.05) is 43.7 Å². The van der Waals surface area contributed by atoms with Crippen molar-refractivity contribution in [1.29, 1.82) is 0 Å². The monoisotopic (exact) mass is 258 g/mol. The molecule has 0 aliphatic carbocycles. The number of hydrogen-bond acceptors (Lipinski definition) is 3. The van der Waals surface area contributed by atoms with Gasteiger partial charge in [-0.2, -0.15) is 0 Å². The highest BCUT2D eigenvalue weighted by Gasteiger charge is 2.20. The van der Waals surface area contributed by atoms with Crippen LogP contribution in [0.2, 0.25) is 0 Å². The van der Waals surface area contributed by atoms with Crippen LogP contribution in [0.25, 0.3) is 10.8 Å². The minimum atomic E-state index is -0.531. The van der Waals surface area contributed by atoms with Gasteiger partial charge < -0.3 is 9.47 Å². The van der Waals surface area contributed by atoms with Crippen LogP contribution in [0.15, 0.2) is 42.5 Å². The van der Waals surface area contributed by atoms with Crippen molar-refractivity contribution in [2.45, 2.75) is 25.9 Å². The quantitative estimate of drug-likeness (QED) is 0.769. The Morgan fingerprint density at radius 2 is 1.89 bits per heavy atom. The summed E-state index contributed by atoms with van der Waals surface area (Å²) in [7, 11) is 1.38. The minimum Gasteiger partial charge on any atom is -0.479 e. The first kappa shape index (κ1) is 13.4. The maximum atomic E-state index is 11.6. The second-order valence-corrected chi connectivity index (χ2v) is 4.43. The lowest BCUT2D eigenvalue weighted by atomic mass is 10.1. The molecule has 0 saturated carbocycles. The highest BCUT2D eigenvalue weighted by molar-refractivity contribution is 5.84. The molecule has 0 N–H and O–H groups in total. The van der Waals surface area contributed by atoms with Crippen LogP contribution in [0, 0.1) is 0 Å². The maximum Gasteiger partial charge on any atom is 0.347 e. The van der Waals surface area contributed by atoms with Gasteiger partial charge in [0.05, 0.1) is 7.11 Å². The van der Waals surface area contributed by atoms with Gasteiger partial charge in [0.15, 0.2) is 6.10 Å². The summed E-state index contributed by atoms with van der Waals surface area (Å²) in [5, 5.41) is 2.25. The molecule has 3 heteroatoms. The van der Waals surface area contributed by atoms with Gasteiger partial charge in [-0.05, 0) is 29.3 Å². The number of carbonyl (C=O) groups excluding carboxylic acids is 1. The number of carbonyl (C=O) groups is 1. The van der Waals surface area contributed by atoms with Gasteiger partial charge in [0, 0.05) is 0 Å². The van der Waals surface area contributed by atoms with Crippen LogP contribution < -0.4 is 4.74 Å². The topological polar surface area (TPSA) is 35.5 Å². The fraction of sp³-hybridized carbons (Fsp3) is 0.312. The molecule has 2 rings (SSSR count). The lowest BCUT2D eigenvalue weighted by Gasteiger charge is -2.16. The summed E-state index contributed by atoms with van der Waals surface area (Å²) in [5.41, 5.74) is 0. The number of rotatable bonds is 5. The van der Waals surface area contributed by atoms with Crippen LogP contribution >= 0.6 is 0 Å². The molecule has 0 aliphatic rings.